The fourth-order valence-electron chi connectivity index (χ4n) is 1.64. The van der Waals surface area contributed by atoms with E-state index in [4.69, 9.17) is 4.74 Å². The SMILES string of the molecule is Brc1cnn2cc(OCc3ccccc3)cnc12. The average molecular weight is 304 g/mol. The van der Waals surface area contributed by atoms with Crippen LogP contribution in [0.1, 0.15) is 5.56 Å². The first-order valence-corrected chi connectivity index (χ1v) is 6.28. The first kappa shape index (κ1) is 11.2. The molecule has 4 nitrogen and oxygen atoms in total. The molecule has 0 aliphatic rings. The summed E-state index contributed by atoms with van der Waals surface area (Å²) in [4.78, 5) is 4.28. The summed E-state index contributed by atoms with van der Waals surface area (Å²) in [7, 11) is 0. The number of halogens is 1. The summed E-state index contributed by atoms with van der Waals surface area (Å²) >= 11 is 3.38. The Morgan fingerprint density at radius 3 is 2.83 bits per heavy atom. The van der Waals surface area contributed by atoms with Crippen LogP contribution in [0.15, 0.2) is 53.4 Å². The Kier molecular flexibility index (Phi) is 2.98. The standard InChI is InChI=1S/C13H10BrN3O/c14-12-7-16-17-8-11(6-15-13(12)17)18-9-10-4-2-1-3-5-10/h1-8H,9H2. The van der Waals surface area contributed by atoms with Crippen molar-refractivity contribution in [3.05, 3.63) is 59.0 Å². The lowest BCUT2D eigenvalue weighted by atomic mass is 10.2. The predicted molar refractivity (Wildman–Crippen MR) is 71.5 cm³/mol. The van der Waals surface area contributed by atoms with Crippen molar-refractivity contribution in [2.45, 2.75) is 6.61 Å². The minimum Gasteiger partial charge on any atom is -0.486 e. The summed E-state index contributed by atoms with van der Waals surface area (Å²) in [5.74, 6) is 0.696. The molecule has 0 fully saturated rings. The lowest BCUT2D eigenvalue weighted by molar-refractivity contribution is 0.303. The number of ether oxygens (including phenoxy) is 1. The normalized spacial score (nSPS) is 10.7. The van der Waals surface area contributed by atoms with E-state index in [1.165, 1.54) is 0 Å². The second-order valence-electron chi connectivity index (χ2n) is 3.82. The summed E-state index contributed by atoms with van der Waals surface area (Å²) in [5.41, 5.74) is 1.90. The molecule has 1 aromatic carbocycles. The van der Waals surface area contributed by atoms with Gasteiger partial charge in [0.1, 0.15) is 6.61 Å². The predicted octanol–water partition coefficient (Wildman–Crippen LogP) is 3.07. The van der Waals surface area contributed by atoms with Gasteiger partial charge in [0, 0.05) is 0 Å². The van der Waals surface area contributed by atoms with Crippen LogP contribution in [0.4, 0.5) is 0 Å². The highest BCUT2D eigenvalue weighted by molar-refractivity contribution is 9.10. The van der Waals surface area contributed by atoms with E-state index in [0.29, 0.717) is 12.4 Å². The van der Waals surface area contributed by atoms with Gasteiger partial charge in [-0.05, 0) is 21.5 Å². The smallest absolute Gasteiger partial charge is 0.169 e. The third-order valence-electron chi connectivity index (χ3n) is 2.54. The van der Waals surface area contributed by atoms with Gasteiger partial charge in [-0.3, -0.25) is 0 Å². The zero-order chi connectivity index (χ0) is 12.4. The highest BCUT2D eigenvalue weighted by Crippen LogP contribution is 2.18. The summed E-state index contributed by atoms with van der Waals surface area (Å²) in [6, 6.07) is 10.0. The van der Waals surface area contributed by atoms with Crippen LogP contribution in [0.2, 0.25) is 0 Å². The second-order valence-corrected chi connectivity index (χ2v) is 4.68. The maximum absolute atomic E-state index is 5.67. The van der Waals surface area contributed by atoms with Gasteiger partial charge in [-0.25, -0.2) is 9.50 Å². The third-order valence-corrected chi connectivity index (χ3v) is 3.10. The fourth-order valence-corrected chi connectivity index (χ4v) is 2.02. The Balaban J connectivity index is 1.79. The summed E-state index contributed by atoms with van der Waals surface area (Å²) < 4.78 is 8.23. The zero-order valence-corrected chi connectivity index (χ0v) is 11.0. The molecule has 0 spiro atoms. The van der Waals surface area contributed by atoms with Crippen molar-refractivity contribution in [3.8, 4) is 5.75 Å². The highest BCUT2D eigenvalue weighted by Gasteiger charge is 2.03. The van der Waals surface area contributed by atoms with Gasteiger partial charge in [-0.1, -0.05) is 30.3 Å². The minimum atomic E-state index is 0.524. The van der Waals surface area contributed by atoms with Crippen molar-refractivity contribution in [3.63, 3.8) is 0 Å². The molecule has 0 aliphatic carbocycles. The van der Waals surface area contributed by atoms with E-state index < -0.39 is 0 Å². The van der Waals surface area contributed by atoms with E-state index in [1.54, 1.807) is 16.9 Å². The van der Waals surface area contributed by atoms with E-state index in [1.807, 2.05) is 36.5 Å². The van der Waals surface area contributed by atoms with E-state index in [2.05, 4.69) is 26.0 Å². The van der Waals surface area contributed by atoms with Crippen LogP contribution in [0.25, 0.3) is 5.65 Å². The van der Waals surface area contributed by atoms with E-state index in [-0.39, 0.29) is 0 Å². The van der Waals surface area contributed by atoms with E-state index in [9.17, 15) is 0 Å². The largest absolute Gasteiger partial charge is 0.486 e. The number of benzene rings is 1. The third kappa shape index (κ3) is 2.22. The molecular weight excluding hydrogens is 294 g/mol. The maximum Gasteiger partial charge on any atom is 0.169 e. The van der Waals surface area contributed by atoms with Crippen LogP contribution < -0.4 is 4.74 Å². The maximum atomic E-state index is 5.67. The fraction of sp³-hybridized carbons (Fsp3) is 0.0769. The second kappa shape index (κ2) is 4.78. The molecule has 3 rings (SSSR count). The number of hydrogen-bond acceptors (Lipinski definition) is 3. The van der Waals surface area contributed by atoms with Gasteiger partial charge < -0.3 is 4.74 Å². The zero-order valence-electron chi connectivity index (χ0n) is 9.45. The Morgan fingerprint density at radius 1 is 1.17 bits per heavy atom. The topological polar surface area (TPSA) is 39.4 Å². The number of nitrogens with zero attached hydrogens (tertiary/aromatic N) is 3. The number of hydrogen-bond donors (Lipinski definition) is 0. The molecule has 0 radical (unpaired) electrons. The summed E-state index contributed by atoms with van der Waals surface area (Å²) in [5, 5.41) is 4.16. The molecule has 90 valence electrons. The Bertz CT molecular complexity index is 666. The molecule has 2 heterocycles. The molecular formula is C13H10BrN3O. The van der Waals surface area contributed by atoms with Crippen molar-refractivity contribution in [2.24, 2.45) is 0 Å². The van der Waals surface area contributed by atoms with Crippen molar-refractivity contribution in [1.82, 2.24) is 14.6 Å². The molecule has 0 N–H and O–H groups in total. The van der Waals surface area contributed by atoms with Gasteiger partial charge in [0.15, 0.2) is 11.4 Å². The highest BCUT2D eigenvalue weighted by atomic mass is 79.9. The Hall–Kier alpha value is -1.88. The van der Waals surface area contributed by atoms with Crippen LogP contribution in [0.5, 0.6) is 5.75 Å². The number of rotatable bonds is 3. The molecule has 0 aliphatic heterocycles. The monoisotopic (exact) mass is 303 g/mol. The molecule has 0 unspecified atom stereocenters. The molecule has 2 aromatic heterocycles. The number of fused-ring (bicyclic) bond motifs is 1. The van der Waals surface area contributed by atoms with Crippen LogP contribution in [-0.4, -0.2) is 14.6 Å². The molecule has 0 atom stereocenters. The van der Waals surface area contributed by atoms with E-state index >= 15 is 0 Å². The van der Waals surface area contributed by atoms with Crippen molar-refractivity contribution < 1.29 is 4.74 Å². The van der Waals surface area contributed by atoms with Crippen LogP contribution in [0, 0.1) is 0 Å². The quantitative estimate of drug-likeness (QED) is 0.746. The van der Waals surface area contributed by atoms with Crippen molar-refractivity contribution >= 4 is 21.6 Å². The molecule has 0 amide bonds. The van der Waals surface area contributed by atoms with Crippen LogP contribution in [-0.2, 0) is 6.61 Å². The minimum absolute atomic E-state index is 0.524. The van der Waals surface area contributed by atoms with E-state index in [0.717, 1.165) is 15.7 Å². The first-order valence-electron chi connectivity index (χ1n) is 5.48. The molecule has 5 heteroatoms. The summed E-state index contributed by atoms with van der Waals surface area (Å²) in [6.07, 6.45) is 5.23. The molecule has 0 bridgehead atoms. The van der Waals surface area contributed by atoms with Gasteiger partial charge in [0.25, 0.3) is 0 Å². The van der Waals surface area contributed by atoms with Gasteiger partial charge >= 0.3 is 0 Å². The Labute approximate surface area is 112 Å². The average Bonchev–Trinajstić information content (AvgIpc) is 2.79. The molecule has 0 saturated heterocycles. The lowest BCUT2D eigenvalue weighted by Gasteiger charge is -2.05. The van der Waals surface area contributed by atoms with Gasteiger partial charge in [-0.15, -0.1) is 0 Å². The van der Waals surface area contributed by atoms with Gasteiger partial charge in [0.05, 0.1) is 23.1 Å². The van der Waals surface area contributed by atoms with Gasteiger partial charge in [0.2, 0.25) is 0 Å². The number of aromatic nitrogens is 3. The Morgan fingerprint density at radius 2 is 2.00 bits per heavy atom. The molecule has 0 saturated carbocycles. The summed E-state index contributed by atoms with van der Waals surface area (Å²) in [6.45, 7) is 0.524. The van der Waals surface area contributed by atoms with Gasteiger partial charge in [-0.2, -0.15) is 5.10 Å². The van der Waals surface area contributed by atoms with Crippen LogP contribution >= 0.6 is 15.9 Å². The molecule has 3 aromatic rings. The first-order chi connectivity index (χ1) is 8.83. The van der Waals surface area contributed by atoms with Crippen LogP contribution in [0.3, 0.4) is 0 Å². The van der Waals surface area contributed by atoms with Crippen molar-refractivity contribution in [2.75, 3.05) is 0 Å². The molecule has 18 heavy (non-hydrogen) atoms. The lowest BCUT2D eigenvalue weighted by Crippen LogP contribution is -1.98. The van der Waals surface area contributed by atoms with Crippen molar-refractivity contribution in [1.29, 1.82) is 0 Å².